The molecule has 0 saturated heterocycles. The van der Waals surface area contributed by atoms with Crippen molar-refractivity contribution >= 4 is 14.3 Å². The van der Waals surface area contributed by atoms with E-state index in [1.165, 1.54) is 5.96 Å². The van der Waals surface area contributed by atoms with Crippen LogP contribution in [0.5, 0.6) is 0 Å². The molecule has 0 aliphatic rings. The Morgan fingerprint density at radius 3 is 2.75 bits per heavy atom. The van der Waals surface area contributed by atoms with Gasteiger partial charge in [-0.05, 0) is 31.9 Å². The second kappa shape index (κ2) is 12.6. The first-order valence-electron chi connectivity index (χ1n) is 5.82. The minimum absolute atomic E-state index is 0.692. The number of hydrogen-bond acceptors (Lipinski definition) is 4. The Bertz CT molecular complexity index is 196. The van der Waals surface area contributed by atoms with Crippen LogP contribution in [0, 0.1) is 0 Å². The van der Waals surface area contributed by atoms with Crippen LogP contribution in [-0.4, -0.2) is 28.8 Å². The Labute approximate surface area is 99.4 Å². The van der Waals surface area contributed by atoms with E-state index in [9.17, 15) is 0 Å². The minimum Gasteiger partial charge on any atom is -0.391 e. The molecule has 0 saturated carbocycles. The van der Waals surface area contributed by atoms with E-state index in [-0.39, 0.29) is 0 Å². The van der Waals surface area contributed by atoms with Gasteiger partial charge in [-0.3, -0.25) is 4.99 Å². The molecule has 4 nitrogen and oxygen atoms in total. The number of nitrogens with zero attached hydrogens (tertiary/aromatic N) is 1. The van der Waals surface area contributed by atoms with E-state index in [1.807, 2.05) is 6.20 Å². The maximum Gasteiger partial charge on any atom is 0.211 e. The number of allylic oxidation sites excluding steroid dienone is 1. The third kappa shape index (κ3) is 13.6. The van der Waals surface area contributed by atoms with Gasteiger partial charge >= 0.3 is 0 Å². The molecule has 0 heterocycles. The van der Waals surface area contributed by atoms with Crippen molar-refractivity contribution in [3.05, 3.63) is 12.3 Å². The maximum absolute atomic E-state index is 8.55. The topological polar surface area (TPSA) is 64.9 Å². The van der Waals surface area contributed by atoms with Crippen LogP contribution in [0.1, 0.15) is 39.0 Å². The lowest BCUT2D eigenvalue weighted by atomic mass is 10.2. The Morgan fingerprint density at radius 1 is 1.25 bits per heavy atom. The summed E-state index contributed by atoms with van der Waals surface area (Å²) in [6, 6.07) is 0. The van der Waals surface area contributed by atoms with Gasteiger partial charge in [0.25, 0.3) is 0 Å². The molecule has 94 valence electrons. The highest BCUT2D eigenvalue weighted by Crippen LogP contribution is 2.16. The fourth-order valence-corrected chi connectivity index (χ4v) is 1.43. The third-order valence-electron chi connectivity index (χ3n) is 1.97. The summed E-state index contributed by atoms with van der Waals surface area (Å²) in [6.45, 7) is 3.88. The van der Waals surface area contributed by atoms with Gasteiger partial charge in [-0.2, -0.15) is 0 Å². The molecule has 0 fully saturated rings. The van der Waals surface area contributed by atoms with Gasteiger partial charge in [0.1, 0.15) is 0 Å². The SMILES string of the molecule is CCCNC=CCCCCCN=CP(O)O. The van der Waals surface area contributed by atoms with Crippen LogP contribution in [0.3, 0.4) is 0 Å². The normalized spacial score (nSPS) is 12.0. The fourth-order valence-electron chi connectivity index (χ4n) is 1.17. The first-order valence-corrected chi connectivity index (χ1v) is 7.14. The summed E-state index contributed by atoms with van der Waals surface area (Å²) in [5.74, 6) is 1.23. The monoisotopic (exact) mass is 246 g/mol. The zero-order chi connectivity index (χ0) is 12.1. The first-order chi connectivity index (χ1) is 7.77. The third-order valence-corrected chi connectivity index (χ3v) is 2.34. The van der Waals surface area contributed by atoms with E-state index in [1.54, 1.807) is 0 Å². The van der Waals surface area contributed by atoms with Crippen LogP contribution in [-0.2, 0) is 0 Å². The van der Waals surface area contributed by atoms with E-state index in [2.05, 4.69) is 23.3 Å². The summed E-state index contributed by atoms with van der Waals surface area (Å²) < 4.78 is 0. The first kappa shape index (κ1) is 15.6. The molecule has 3 N–H and O–H groups in total. The van der Waals surface area contributed by atoms with Crippen molar-refractivity contribution in [2.24, 2.45) is 4.99 Å². The number of unbranched alkanes of at least 4 members (excludes halogenated alkanes) is 3. The van der Waals surface area contributed by atoms with Gasteiger partial charge in [0, 0.05) is 13.1 Å². The Kier molecular flexibility index (Phi) is 12.3. The van der Waals surface area contributed by atoms with Gasteiger partial charge in [-0.15, -0.1) is 0 Å². The molecule has 0 atom stereocenters. The van der Waals surface area contributed by atoms with Crippen molar-refractivity contribution in [1.82, 2.24) is 5.32 Å². The number of nitrogens with one attached hydrogen (secondary N) is 1. The molecule has 0 radical (unpaired) electrons. The highest BCUT2D eigenvalue weighted by molar-refractivity contribution is 7.61. The lowest BCUT2D eigenvalue weighted by Gasteiger charge is -1.97. The molecule has 0 aromatic heterocycles. The maximum atomic E-state index is 8.55. The molecule has 0 unspecified atom stereocenters. The van der Waals surface area contributed by atoms with Crippen molar-refractivity contribution in [2.45, 2.75) is 39.0 Å². The summed E-state index contributed by atoms with van der Waals surface area (Å²) in [4.78, 5) is 21.0. The zero-order valence-corrected chi connectivity index (χ0v) is 10.9. The van der Waals surface area contributed by atoms with Crippen LogP contribution in [0.4, 0.5) is 0 Å². The summed E-state index contributed by atoms with van der Waals surface area (Å²) in [6.07, 6.45) is 9.72. The van der Waals surface area contributed by atoms with E-state index >= 15 is 0 Å². The highest BCUT2D eigenvalue weighted by Gasteiger charge is 1.89. The van der Waals surface area contributed by atoms with Crippen LogP contribution >= 0.6 is 8.38 Å². The number of aliphatic imine (C=N–C) groups is 1. The minimum atomic E-state index is -1.95. The summed E-state index contributed by atoms with van der Waals surface area (Å²) in [5.41, 5.74) is 0. The largest absolute Gasteiger partial charge is 0.391 e. The van der Waals surface area contributed by atoms with Gasteiger partial charge in [-0.25, -0.2) is 0 Å². The molecular formula is C11H23N2O2P. The molecule has 5 heteroatoms. The summed E-state index contributed by atoms with van der Waals surface area (Å²) in [5, 5.41) is 3.20. The van der Waals surface area contributed by atoms with E-state index in [4.69, 9.17) is 9.79 Å². The smallest absolute Gasteiger partial charge is 0.211 e. The van der Waals surface area contributed by atoms with Gasteiger partial charge in [0.05, 0.1) is 5.96 Å². The second-order valence-electron chi connectivity index (χ2n) is 3.55. The van der Waals surface area contributed by atoms with Gasteiger partial charge < -0.3 is 15.1 Å². The molecule has 0 aliphatic heterocycles. The Balaban J connectivity index is 3.12. The van der Waals surface area contributed by atoms with Crippen molar-refractivity contribution < 1.29 is 9.79 Å². The molecule has 0 aromatic rings. The number of hydrogen-bond donors (Lipinski definition) is 3. The highest BCUT2D eigenvalue weighted by atomic mass is 31.2. The summed E-state index contributed by atoms with van der Waals surface area (Å²) >= 11 is 0. The number of rotatable bonds is 10. The Morgan fingerprint density at radius 2 is 2.06 bits per heavy atom. The Hall–Kier alpha value is -0.440. The lowest BCUT2D eigenvalue weighted by Crippen LogP contribution is -2.04. The molecular weight excluding hydrogens is 223 g/mol. The molecule has 0 spiro atoms. The summed E-state index contributed by atoms with van der Waals surface area (Å²) in [7, 11) is -1.95. The van der Waals surface area contributed by atoms with Crippen LogP contribution < -0.4 is 5.32 Å². The molecule has 0 amide bonds. The van der Waals surface area contributed by atoms with Crippen molar-refractivity contribution in [3.8, 4) is 0 Å². The zero-order valence-electron chi connectivity index (χ0n) is 9.97. The predicted octanol–water partition coefficient (Wildman–Crippen LogP) is 2.38. The van der Waals surface area contributed by atoms with Gasteiger partial charge in [0.2, 0.25) is 8.38 Å². The molecule has 0 bridgehead atoms. The van der Waals surface area contributed by atoms with Crippen LogP contribution in [0.15, 0.2) is 17.3 Å². The van der Waals surface area contributed by atoms with Crippen LogP contribution in [0.25, 0.3) is 0 Å². The molecule has 0 aliphatic carbocycles. The van der Waals surface area contributed by atoms with Gasteiger partial charge in [0.15, 0.2) is 0 Å². The van der Waals surface area contributed by atoms with Gasteiger partial charge in [-0.1, -0.05) is 19.4 Å². The van der Waals surface area contributed by atoms with E-state index in [0.717, 1.165) is 38.6 Å². The molecule has 0 aromatic carbocycles. The standard InChI is InChI=1S/C11H23N2O2P/c1-2-8-12-9-6-4-3-5-7-10-13-11-16(14)15/h6,9,11-12,14-15H,2-5,7-8,10H2,1H3. The van der Waals surface area contributed by atoms with Crippen molar-refractivity contribution in [1.29, 1.82) is 0 Å². The van der Waals surface area contributed by atoms with Crippen molar-refractivity contribution in [2.75, 3.05) is 13.1 Å². The quantitative estimate of drug-likeness (QED) is 0.315. The van der Waals surface area contributed by atoms with Crippen molar-refractivity contribution in [3.63, 3.8) is 0 Å². The molecule has 0 rings (SSSR count). The van der Waals surface area contributed by atoms with E-state index in [0.29, 0.717) is 6.54 Å². The lowest BCUT2D eigenvalue weighted by molar-refractivity contribution is 0.501. The fraction of sp³-hybridized carbons (Fsp3) is 0.727. The van der Waals surface area contributed by atoms with E-state index < -0.39 is 8.38 Å². The molecule has 16 heavy (non-hydrogen) atoms. The average Bonchev–Trinajstić information content (AvgIpc) is 2.25. The predicted molar refractivity (Wildman–Crippen MR) is 70.6 cm³/mol. The second-order valence-corrected chi connectivity index (χ2v) is 4.42. The average molecular weight is 246 g/mol. The van der Waals surface area contributed by atoms with Crippen LogP contribution in [0.2, 0.25) is 0 Å².